The van der Waals surface area contributed by atoms with Crippen LogP contribution < -0.4 is 19.7 Å². The van der Waals surface area contributed by atoms with Crippen LogP contribution in [0.25, 0.3) is 5.82 Å². The van der Waals surface area contributed by atoms with Crippen molar-refractivity contribution >= 4 is 27.6 Å². The Morgan fingerprint density at radius 2 is 1.76 bits per heavy atom. The van der Waals surface area contributed by atoms with Gasteiger partial charge in [-0.1, -0.05) is 36.4 Å². The third-order valence-electron chi connectivity index (χ3n) is 10.0. The number of fused-ring (bicyclic) bond motifs is 6. The van der Waals surface area contributed by atoms with Crippen molar-refractivity contribution in [2.45, 2.75) is 75.2 Å². The lowest BCUT2D eigenvalue weighted by Crippen LogP contribution is -2.41. The van der Waals surface area contributed by atoms with Crippen molar-refractivity contribution in [3.8, 4) is 11.7 Å². The smallest absolute Gasteiger partial charge is 0.394 e. The van der Waals surface area contributed by atoms with Crippen molar-refractivity contribution in [2.75, 3.05) is 23.4 Å². The number of hydrogen-bond donors (Lipinski definition) is 2. The second-order valence-corrected chi connectivity index (χ2v) is 15.6. The summed E-state index contributed by atoms with van der Waals surface area (Å²) in [6, 6.07) is 19.0. The minimum absolute atomic E-state index is 0.0582. The molecule has 2 aliphatic heterocycles. The molecular formula is C35H38F3N7O4S. The number of pyridine rings is 2. The molecule has 11 nitrogen and oxygen atoms in total. The summed E-state index contributed by atoms with van der Waals surface area (Å²) in [7, 11) is -4.38. The zero-order valence-corrected chi connectivity index (χ0v) is 28.5. The van der Waals surface area contributed by atoms with Crippen molar-refractivity contribution < 1.29 is 31.1 Å². The van der Waals surface area contributed by atoms with E-state index in [-0.39, 0.29) is 60.1 Å². The molecular weight excluding hydrogens is 671 g/mol. The molecule has 2 N–H and O–H groups in total. The molecule has 3 aromatic heterocycles. The standard InChI is InChI=1S/C35H38F3N7O4S/c1-33(2)21-23-11-13-26(24-7-4-3-5-8-24)39-27-9-6-10-30(40-27)50(47,48)43-32(46)25-12-14-28(41-31(25)44(33)22-23)45-19-15-29(42-45)49-20-18-34(16-17-34)35(36,37)38/h3-10,12,14-15,19,23,26H,11,13,16-18,20-22H2,1-2H3,(H,39,40)(H,43,46). The average molecular weight is 710 g/mol. The maximum absolute atomic E-state index is 13.8. The molecule has 3 aliphatic rings. The maximum atomic E-state index is 13.8. The molecule has 4 bridgehead atoms. The zero-order chi connectivity index (χ0) is 35.3. The highest BCUT2D eigenvalue weighted by Crippen LogP contribution is 2.59. The van der Waals surface area contributed by atoms with Gasteiger partial charge in [0.1, 0.15) is 11.6 Å². The number of anilines is 2. The van der Waals surface area contributed by atoms with Crippen LogP contribution >= 0.6 is 0 Å². The summed E-state index contributed by atoms with van der Waals surface area (Å²) >= 11 is 0. The number of benzene rings is 1. The monoisotopic (exact) mass is 709 g/mol. The fourth-order valence-electron chi connectivity index (χ4n) is 7.05. The highest BCUT2D eigenvalue weighted by molar-refractivity contribution is 7.90. The van der Waals surface area contributed by atoms with E-state index in [0.717, 1.165) is 24.8 Å². The van der Waals surface area contributed by atoms with Crippen molar-refractivity contribution in [3.05, 3.63) is 84.1 Å². The van der Waals surface area contributed by atoms with E-state index in [4.69, 9.17) is 9.72 Å². The molecule has 2 unspecified atom stereocenters. The Balaban J connectivity index is 1.21. The lowest BCUT2D eigenvalue weighted by atomic mass is 9.90. The van der Waals surface area contributed by atoms with Crippen molar-refractivity contribution in [2.24, 2.45) is 11.3 Å². The number of alkyl halides is 3. The first kappa shape index (κ1) is 33.8. The van der Waals surface area contributed by atoms with Gasteiger partial charge in [0.05, 0.1) is 23.6 Å². The normalized spacial score (nSPS) is 22.3. The predicted molar refractivity (Wildman–Crippen MR) is 180 cm³/mol. The van der Waals surface area contributed by atoms with Crippen molar-refractivity contribution in [1.82, 2.24) is 24.5 Å². The van der Waals surface area contributed by atoms with E-state index in [1.807, 2.05) is 35.2 Å². The lowest BCUT2D eigenvalue weighted by molar-refractivity contribution is -0.190. The van der Waals surface area contributed by atoms with Crippen LogP contribution in [0.1, 0.15) is 74.3 Å². The number of carbonyl (C=O) groups excluding carboxylic acids is 1. The molecule has 1 saturated heterocycles. The minimum atomic E-state index is -4.38. The highest BCUT2D eigenvalue weighted by Gasteiger charge is 2.62. The Morgan fingerprint density at radius 1 is 0.980 bits per heavy atom. The van der Waals surface area contributed by atoms with Gasteiger partial charge in [0.2, 0.25) is 5.88 Å². The van der Waals surface area contributed by atoms with Gasteiger partial charge < -0.3 is 15.0 Å². The number of nitrogens with one attached hydrogen (secondary N) is 2. The molecule has 0 spiro atoms. The number of aromatic nitrogens is 4. The molecule has 1 amide bonds. The summed E-state index contributed by atoms with van der Waals surface area (Å²) in [6.45, 7) is 4.57. The van der Waals surface area contributed by atoms with Crippen LogP contribution in [0.5, 0.6) is 5.88 Å². The first-order valence-corrected chi connectivity index (χ1v) is 18.1. The summed E-state index contributed by atoms with van der Waals surface area (Å²) in [5.74, 6) is 0.489. The van der Waals surface area contributed by atoms with Gasteiger partial charge >= 0.3 is 6.18 Å². The van der Waals surface area contributed by atoms with E-state index < -0.39 is 33.1 Å². The molecule has 2 atom stereocenters. The van der Waals surface area contributed by atoms with Gasteiger partial charge in [-0.15, -0.1) is 5.10 Å². The molecule has 2 fully saturated rings. The largest absolute Gasteiger partial charge is 0.477 e. The molecule has 1 aliphatic carbocycles. The minimum Gasteiger partial charge on any atom is -0.477 e. The summed E-state index contributed by atoms with van der Waals surface area (Å²) in [5, 5.41) is 7.49. The quantitative estimate of drug-likeness (QED) is 0.232. The molecule has 0 radical (unpaired) electrons. The van der Waals surface area contributed by atoms with Crippen LogP contribution in [0.4, 0.5) is 24.8 Å². The Labute approximate surface area is 288 Å². The van der Waals surface area contributed by atoms with Crippen LogP contribution in [0, 0.1) is 11.3 Å². The van der Waals surface area contributed by atoms with E-state index in [1.165, 1.54) is 28.9 Å². The van der Waals surface area contributed by atoms with Crippen LogP contribution in [-0.4, -0.2) is 58.9 Å². The summed E-state index contributed by atoms with van der Waals surface area (Å²) < 4.78 is 76.3. The van der Waals surface area contributed by atoms with Gasteiger partial charge in [0, 0.05) is 24.3 Å². The third kappa shape index (κ3) is 6.74. The van der Waals surface area contributed by atoms with Gasteiger partial charge in [-0.2, -0.15) is 21.6 Å². The summed E-state index contributed by atoms with van der Waals surface area (Å²) in [6.07, 6.45) is -0.255. The van der Waals surface area contributed by atoms with Crippen molar-refractivity contribution in [1.29, 1.82) is 0 Å². The SMILES string of the molecule is CC1(C)CC2CCC(c3ccccc3)Nc3cccc(n3)S(=O)(=O)NC(=O)c3ccc(-n4ccc(OCCC5(C(F)(F)F)CC5)n4)nc3N1C2. The Morgan fingerprint density at radius 3 is 2.50 bits per heavy atom. The van der Waals surface area contributed by atoms with Crippen LogP contribution in [0.2, 0.25) is 0 Å². The summed E-state index contributed by atoms with van der Waals surface area (Å²) in [5.41, 5.74) is -1.02. The molecule has 264 valence electrons. The Kier molecular flexibility index (Phi) is 8.51. The van der Waals surface area contributed by atoms with E-state index >= 15 is 0 Å². The number of rotatable bonds is 6. The predicted octanol–water partition coefficient (Wildman–Crippen LogP) is 6.44. The molecule has 50 heavy (non-hydrogen) atoms. The number of nitrogens with zero attached hydrogens (tertiary/aromatic N) is 5. The van der Waals surface area contributed by atoms with Gasteiger partial charge in [-0.3, -0.25) is 4.79 Å². The summed E-state index contributed by atoms with van der Waals surface area (Å²) in [4.78, 5) is 25.0. The van der Waals surface area contributed by atoms with Gasteiger partial charge in [0.25, 0.3) is 15.9 Å². The molecule has 7 rings (SSSR count). The molecule has 4 aromatic rings. The van der Waals surface area contributed by atoms with Crippen LogP contribution in [0.15, 0.2) is 78.0 Å². The topological polar surface area (TPSA) is 131 Å². The zero-order valence-electron chi connectivity index (χ0n) is 27.7. The molecule has 1 aromatic carbocycles. The van der Waals surface area contributed by atoms with Crippen LogP contribution in [-0.2, 0) is 10.0 Å². The van der Waals surface area contributed by atoms with Gasteiger partial charge in [-0.05, 0) is 88.1 Å². The number of ether oxygens (including phenoxy) is 1. The fraction of sp³-hybridized carbons (Fsp3) is 0.429. The van der Waals surface area contributed by atoms with E-state index in [0.29, 0.717) is 18.2 Å². The van der Waals surface area contributed by atoms with Crippen LogP contribution in [0.3, 0.4) is 0 Å². The van der Waals surface area contributed by atoms with Crippen molar-refractivity contribution in [3.63, 3.8) is 0 Å². The van der Waals surface area contributed by atoms with Gasteiger partial charge in [-0.25, -0.2) is 19.4 Å². The van der Waals surface area contributed by atoms with E-state index in [2.05, 4.69) is 34.0 Å². The third-order valence-corrected chi connectivity index (χ3v) is 11.3. The average Bonchev–Trinajstić information content (AvgIpc) is 3.63. The highest BCUT2D eigenvalue weighted by atomic mass is 32.2. The molecule has 5 heterocycles. The number of carbonyl (C=O) groups is 1. The molecule has 15 heteroatoms. The first-order chi connectivity index (χ1) is 23.7. The van der Waals surface area contributed by atoms with E-state index in [9.17, 15) is 26.4 Å². The molecule has 1 saturated carbocycles. The first-order valence-electron chi connectivity index (χ1n) is 16.6. The number of sulfonamides is 1. The number of hydrogen-bond acceptors (Lipinski definition) is 9. The van der Waals surface area contributed by atoms with E-state index in [1.54, 1.807) is 18.3 Å². The lowest BCUT2D eigenvalue weighted by Gasteiger charge is -2.34. The second kappa shape index (κ2) is 12.6. The maximum Gasteiger partial charge on any atom is 0.394 e. The van der Waals surface area contributed by atoms with Gasteiger partial charge in [0.15, 0.2) is 10.8 Å². The number of halogens is 3. The number of amides is 1. The Hall–Kier alpha value is -4.66. The Bertz CT molecular complexity index is 2000. The second-order valence-electron chi connectivity index (χ2n) is 14.0. The fourth-order valence-corrected chi connectivity index (χ4v) is 7.99.